The van der Waals surface area contributed by atoms with Crippen molar-refractivity contribution in [2.24, 2.45) is 5.41 Å². The van der Waals surface area contributed by atoms with E-state index in [1.165, 1.54) is 0 Å². The Morgan fingerprint density at radius 1 is 0.957 bits per heavy atom. The first-order chi connectivity index (χ1) is 10.8. The van der Waals surface area contributed by atoms with Crippen LogP contribution in [0, 0.1) is 5.41 Å². The summed E-state index contributed by atoms with van der Waals surface area (Å²) in [7, 11) is 1.58. The fourth-order valence-corrected chi connectivity index (χ4v) is 2.00. The van der Waals surface area contributed by atoms with Crippen LogP contribution in [-0.2, 0) is 4.79 Å². The molecule has 2 rings (SSSR count). The number of methoxy groups -OCH3 is 1. The minimum atomic E-state index is -0.531. The summed E-state index contributed by atoms with van der Waals surface area (Å²) < 4.78 is 5.10. The van der Waals surface area contributed by atoms with Crippen molar-refractivity contribution in [3.63, 3.8) is 0 Å². The first-order valence-electron chi connectivity index (χ1n) is 7.42. The molecule has 0 aliphatic rings. The van der Waals surface area contributed by atoms with Crippen molar-refractivity contribution < 1.29 is 14.3 Å². The van der Waals surface area contributed by atoms with E-state index < -0.39 is 5.41 Å². The largest absolute Gasteiger partial charge is 0.497 e. The molecule has 2 aromatic carbocycles. The molecule has 0 heterocycles. The Morgan fingerprint density at radius 2 is 1.57 bits per heavy atom. The van der Waals surface area contributed by atoms with Crippen LogP contribution in [0.2, 0.25) is 0 Å². The Kier molecular flexibility index (Phi) is 4.84. The maximum absolute atomic E-state index is 12.7. The SMILES string of the molecule is COc1ccc(C(=O)c2ccccc2NC(=O)C(C)(C)C)cc1. The molecule has 0 spiro atoms. The minimum Gasteiger partial charge on any atom is -0.497 e. The molecule has 0 aromatic heterocycles. The van der Waals surface area contributed by atoms with Crippen LogP contribution in [0.1, 0.15) is 36.7 Å². The summed E-state index contributed by atoms with van der Waals surface area (Å²) in [6.45, 7) is 5.49. The molecule has 0 saturated heterocycles. The number of amides is 1. The molecule has 23 heavy (non-hydrogen) atoms. The predicted molar refractivity (Wildman–Crippen MR) is 91.0 cm³/mol. The zero-order chi connectivity index (χ0) is 17.0. The van der Waals surface area contributed by atoms with Gasteiger partial charge in [-0.1, -0.05) is 32.9 Å². The van der Waals surface area contributed by atoms with Crippen molar-refractivity contribution in [1.82, 2.24) is 0 Å². The van der Waals surface area contributed by atoms with Gasteiger partial charge in [-0.2, -0.15) is 0 Å². The van der Waals surface area contributed by atoms with Crippen LogP contribution >= 0.6 is 0 Å². The monoisotopic (exact) mass is 311 g/mol. The number of nitrogens with one attached hydrogen (secondary N) is 1. The van der Waals surface area contributed by atoms with Crippen LogP contribution in [0.5, 0.6) is 5.75 Å². The first kappa shape index (κ1) is 16.7. The zero-order valence-corrected chi connectivity index (χ0v) is 13.8. The molecule has 0 saturated carbocycles. The third kappa shape index (κ3) is 3.97. The zero-order valence-electron chi connectivity index (χ0n) is 13.8. The lowest BCUT2D eigenvalue weighted by Crippen LogP contribution is -2.28. The van der Waals surface area contributed by atoms with E-state index in [1.807, 2.05) is 20.8 Å². The number of anilines is 1. The highest BCUT2D eigenvalue weighted by molar-refractivity contribution is 6.14. The second-order valence-electron chi connectivity index (χ2n) is 6.31. The number of hydrogen-bond acceptors (Lipinski definition) is 3. The fraction of sp³-hybridized carbons (Fsp3) is 0.263. The maximum atomic E-state index is 12.7. The minimum absolute atomic E-state index is 0.132. The summed E-state index contributed by atoms with van der Waals surface area (Å²) in [6, 6.07) is 13.9. The lowest BCUT2D eigenvalue weighted by atomic mass is 9.95. The summed E-state index contributed by atoms with van der Waals surface area (Å²) in [5.41, 5.74) is 1.00. The first-order valence-corrected chi connectivity index (χ1v) is 7.42. The van der Waals surface area contributed by atoms with Gasteiger partial charge in [-0.25, -0.2) is 0 Å². The third-order valence-electron chi connectivity index (χ3n) is 3.45. The van der Waals surface area contributed by atoms with Crippen LogP contribution < -0.4 is 10.1 Å². The number of hydrogen-bond donors (Lipinski definition) is 1. The van der Waals surface area contributed by atoms with Gasteiger partial charge in [0.2, 0.25) is 5.91 Å². The second-order valence-corrected chi connectivity index (χ2v) is 6.31. The van der Waals surface area contributed by atoms with Crippen LogP contribution in [0.4, 0.5) is 5.69 Å². The van der Waals surface area contributed by atoms with Gasteiger partial charge >= 0.3 is 0 Å². The van der Waals surface area contributed by atoms with Gasteiger partial charge in [0, 0.05) is 16.5 Å². The average molecular weight is 311 g/mol. The van der Waals surface area contributed by atoms with E-state index in [0.717, 1.165) is 0 Å². The number of rotatable bonds is 4. The average Bonchev–Trinajstić information content (AvgIpc) is 2.54. The van der Waals surface area contributed by atoms with E-state index in [9.17, 15) is 9.59 Å². The molecule has 0 aliphatic carbocycles. The number of para-hydroxylation sites is 1. The normalized spacial score (nSPS) is 11.0. The number of carbonyl (C=O) groups excluding carboxylic acids is 2. The van der Waals surface area contributed by atoms with E-state index in [1.54, 1.807) is 55.6 Å². The third-order valence-corrected chi connectivity index (χ3v) is 3.45. The highest BCUT2D eigenvalue weighted by Gasteiger charge is 2.23. The Morgan fingerprint density at radius 3 is 2.13 bits per heavy atom. The Labute approximate surface area is 136 Å². The van der Waals surface area contributed by atoms with Crippen molar-refractivity contribution in [1.29, 1.82) is 0 Å². The summed E-state index contributed by atoms with van der Waals surface area (Å²) in [5.74, 6) is 0.417. The van der Waals surface area contributed by atoms with Crippen molar-refractivity contribution >= 4 is 17.4 Å². The van der Waals surface area contributed by atoms with Crippen LogP contribution in [0.3, 0.4) is 0 Å². The van der Waals surface area contributed by atoms with Gasteiger partial charge in [0.05, 0.1) is 12.8 Å². The van der Waals surface area contributed by atoms with Crippen LogP contribution in [-0.4, -0.2) is 18.8 Å². The highest BCUT2D eigenvalue weighted by Crippen LogP contribution is 2.23. The molecule has 0 fully saturated rings. The lowest BCUT2D eigenvalue weighted by Gasteiger charge is -2.19. The molecule has 4 heteroatoms. The smallest absolute Gasteiger partial charge is 0.229 e. The fourth-order valence-electron chi connectivity index (χ4n) is 2.00. The molecule has 2 aromatic rings. The molecule has 0 atom stereocenters. The second kappa shape index (κ2) is 6.65. The van der Waals surface area contributed by atoms with E-state index in [-0.39, 0.29) is 11.7 Å². The van der Waals surface area contributed by atoms with Crippen molar-refractivity contribution in [2.75, 3.05) is 12.4 Å². The molecule has 1 amide bonds. The van der Waals surface area contributed by atoms with Crippen LogP contribution in [0.15, 0.2) is 48.5 Å². The number of ether oxygens (including phenoxy) is 1. The molecule has 120 valence electrons. The van der Waals surface area contributed by atoms with Gasteiger partial charge in [-0.3, -0.25) is 9.59 Å². The molecule has 0 unspecified atom stereocenters. The quantitative estimate of drug-likeness (QED) is 0.871. The van der Waals surface area contributed by atoms with Gasteiger partial charge in [0.1, 0.15) is 5.75 Å². The van der Waals surface area contributed by atoms with Crippen molar-refractivity contribution in [3.8, 4) is 5.75 Å². The van der Waals surface area contributed by atoms with E-state index in [2.05, 4.69) is 5.32 Å². The summed E-state index contributed by atoms with van der Waals surface area (Å²) in [5, 5.41) is 2.84. The Balaban J connectivity index is 2.32. The number of ketones is 1. The molecule has 1 N–H and O–H groups in total. The molecular weight excluding hydrogens is 290 g/mol. The molecule has 0 bridgehead atoms. The van der Waals surface area contributed by atoms with Gasteiger partial charge in [0.15, 0.2) is 5.78 Å². The number of carbonyl (C=O) groups is 2. The highest BCUT2D eigenvalue weighted by atomic mass is 16.5. The Bertz CT molecular complexity index is 712. The van der Waals surface area contributed by atoms with Crippen LogP contribution in [0.25, 0.3) is 0 Å². The predicted octanol–water partition coefficient (Wildman–Crippen LogP) is 3.91. The van der Waals surface area contributed by atoms with Gasteiger partial charge in [-0.05, 0) is 36.4 Å². The molecule has 4 nitrogen and oxygen atoms in total. The molecule has 0 aliphatic heterocycles. The summed E-state index contributed by atoms with van der Waals surface area (Å²) >= 11 is 0. The van der Waals surface area contributed by atoms with Crippen molar-refractivity contribution in [2.45, 2.75) is 20.8 Å². The summed E-state index contributed by atoms with van der Waals surface area (Å²) in [6.07, 6.45) is 0. The maximum Gasteiger partial charge on any atom is 0.229 e. The number of benzene rings is 2. The topological polar surface area (TPSA) is 55.4 Å². The van der Waals surface area contributed by atoms with E-state index in [4.69, 9.17) is 4.74 Å². The molecular formula is C19H21NO3. The van der Waals surface area contributed by atoms with Crippen molar-refractivity contribution in [3.05, 3.63) is 59.7 Å². The summed E-state index contributed by atoms with van der Waals surface area (Å²) in [4.78, 5) is 24.9. The lowest BCUT2D eigenvalue weighted by molar-refractivity contribution is -0.123. The molecule has 0 radical (unpaired) electrons. The Hall–Kier alpha value is -2.62. The van der Waals surface area contributed by atoms with Gasteiger partial charge in [0.25, 0.3) is 0 Å². The standard InChI is InChI=1S/C19H21NO3/c1-19(2,3)18(22)20-16-8-6-5-7-15(16)17(21)13-9-11-14(23-4)12-10-13/h5-12H,1-4H3,(H,20,22). The van der Waals surface area contributed by atoms with Gasteiger partial charge < -0.3 is 10.1 Å². The van der Waals surface area contributed by atoms with Gasteiger partial charge in [-0.15, -0.1) is 0 Å². The van der Waals surface area contributed by atoms with E-state index >= 15 is 0 Å². The van der Waals surface area contributed by atoms with E-state index in [0.29, 0.717) is 22.6 Å².